The second-order valence-electron chi connectivity index (χ2n) is 8.26. The van der Waals surface area contributed by atoms with Crippen molar-refractivity contribution in [1.82, 2.24) is 4.90 Å². The van der Waals surface area contributed by atoms with Crippen molar-refractivity contribution in [1.29, 1.82) is 0 Å². The molecule has 0 atom stereocenters. The van der Waals surface area contributed by atoms with E-state index in [2.05, 4.69) is 0 Å². The lowest BCUT2D eigenvalue weighted by Gasteiger charge is -2.24. The number of nitrogens with zero attached hydrogens (tertiary/aromatic N) is 1. The number of rotatable bonds is 9. The quantitative estimate of drug-likeness (QED) is 0.295. The number of carbonyl (C=O) groups is 1. The Labute approximate surface area is 201 Å². The van der Waals surface area contributed by atoms with Crippen LogP contribution < -0.4 is 9.47 Å². The molecule has 0 heterocycles. The van der Waals surface area contributed by atoms with Gasteiger partial charge < -0.3 is 14.4 Å². The molecule has 0 fully saturated rings. The molecule has 0 radical (unpaired) electrons. The van der Waals surface area contributed by atoms with E-state index in [4.69, 9.17) is 9.47 Å². The van der Waals surface area contributed by atoms with Crippen LogP contribution in [0.25, 0.3) is 0 Å². The summed E-state index contributed by atoms with van der Waals surface area (Å²) in [4.78, 5) is 15.5. The van der Waals surface area contributed by atoms with Crippen LogP contribution >= 0.6 is 0 Å². The number of amides is 1. The first kappa shape index (κ1) is 23.1. The minimum absolute atomic E-state index is 0.0352. The van der Waals surface area contributed by atoms with Crippen molar-refractivity contribution in [3.05, 3.63) is 131 Å². The summed E-state index contributed by atoms with van der Waals surface area (Å²) in [7, 11) is 1.63. The first-order chi connectivity index (χ1) is 16.6. The fourth-order valence-corrected chi connectivity index (χ4v) is 3.81. The van der Waals surface area contributed by atoms with E-state index in [0.717, 1.165) is 22.4 Å². The van der Waals surface area contributed by atoms with Crippen molar-refractivity contribution in [3.8, 4) is 11.5 Å². The van der Waals surface area contributed by atoms with Crippen LogP contribution in [0.15, 0.2) is 103 Å². The second kappa shape index (κ2) is 11.2. The van der Waals surface area contributed by atoms with Gasteiger partial charge in [-0.2, -0.15) is 0 Å². The summed E-state index contributed by atoms with van der Waals surface area (Å²) in [5.74, 6) is 1.44. The van der Waals surface area contributed by atoms with Gasteiger partial charge in [-0.05, 0) is 48.4 Å². The second-order valence-corrected chi connectivity index (χ2v) is 8.26. The maximum absolute atomic E-state index is 13.7. The molecule has 4 aromatic carbocycles. The molecular formula is C30H29NO3. The highest BCUT2D eigenvalue weighted by molar-refractivity contribution is 5.94. The van der Waals surface area contributed by atoms with Crippen LogP contribution in [-0.2, 0) is 19.7 Å². The third kappa shape index (κ3) is 6.04. The van der Waals surface area contributed by atoms with Gasteiger partial charge in [-0.1, -0.05) is 78.4 Å². The highest BCUT2D eigenvalue weighted by atomic mass is 16.5. The van der Waals surface area contributed by atoms with Gasteiger partial charge in [0.05, 0.1) is 7.11 Å². The van der Waals surface area contributed by atoms with Crippen molar-refractivity contribution in [2.75, 3.05) is 7.11 Å². The first-order valence-electron chi connectivity index (χ1n) is 11.4. The summed E-state index contributed by atoms with van der Waals surface area (Å²) < 4.78 is 11.5. The maximum atomic E-state index is 13.7. The number of methoxy groups -OCH3 is 1. The zero-order chi connectivity index (χ0) is 23.8. The summed E-state index contributed by atoms with van der Waals surface area (Å²) in [6, 6.07) is 33.5. The minimum Gasteiger partial charge on any atom is -0.496 e. The molecule has 4 rings (SSSR count). The lowest BCUT2D eigenvalue weighted by molar-refractivity contribution is 0.0730. The number of hydrogen-bond acceptors (Lipinski definition) is 3. The molecule has 0 aliphatic rings. The molecule has 172 valence electrons. The number of ether oxygens (including phenoxy) is 2. The van der Waals surface area contributed by atoms with E-state index >= 15 is 0 Å². The molecule has 0 unspecified atom stereocenters. The van der Waals surface area contributed by atoms with E-state index in [1.165, 1.54) is 5.56 Å². The van der Waals surface area contributed by atoms with Gasteiger partial charge in [-0.3, -0.25) is 4.79 Å². The molecule has 4 heteroatoms. The molecule has 4 aromatic rings. The fraction of sp³-hybridized carbons (Fsp3) is 0.167. The highest BCUT2D eigenvalue weighted by Crippen LogP contribution is 2.24. The number of benzene rings is 4. The van der Waals surface area contributed by atoms with Crippen LogP contribution in [0.3, 0.4) is 0 Å². The lowest BCUT2D eigenvalue weighted by atomic mass is 10.1. The average Bonchev–Trinajstić information content (AvgIpc) is 2.88. The molecule has 34 heavy (non-hydrogen) atoms. The Kier molecular flexibility index (Phi) is 7.61. The summed E-state index contributed by atoms with van der Waals surface area (Å²) in [5, 5.41) is 0. The van der Waals surface area contributed by atoms with Crippen molar-refractivity contribution in [2.24, 2.45) is 0 Å². The third-order valence-corrected chi connectivity index (χ3v) is 5.66. The van der Waals surface area contributed by atoms with Crippen LogP contribution in [0.4, 0.5) is 0 Å². The van der Waals surface area contributed by atoms with Gasteiger partial charge in [0, 0.05) is 24.2 Å². The zero-order valence-electron chi connectivity index (χ0n) is 19.6. The smallest absolute Gasteiger partial charge is 0.254 e. The molecule has 0 bridgehead atoms. The van der Waals surface area contributed by atoms with E-state index in [9.17, 15) is 4.79 Å². The monoisotopic (exact) mass is 451 g/mol. The topological polar surface area (TPSA) is 38.8 Å². The van der Waals surface area contributed by atoms with Gasteiger partial charge in [0.2, 0.25) is 0 Å². The van der Waals surface area contributed by atoms with Crippen LogP contribution in [0.1, 0.15) is 32.6 Å². The number of hydrogen-bond donors (Lipinski definition) is 0. The van der Waals surface area contributed by atoms with E-state index in [0.29, 0.717) is 31.0 Å². The van der Waals surface area contributed by atoms with Crippen LogP contribution in [0.2, 0.25) is 0 Å². The lowest BCUT2D eigenvalue weighted by Crippen LogP contribution is -2.30. The minimum atomic E-state index is -0.0352. The summed E-state index contributed by atoms with van der Waals surface area (Å²) in [6.07, 6.45) is 0. The van der Waals surface area contributed by atoms with Crippen LogP contribution in [0.5, 0.6) is 11.5 Å². The molecule has 0 aromatic heterocycles. The Morgan fingerprint density at radius 2 is 1.35 bits per heavy atom. The fourth-order valence-electron chi connectivity index (χ4n) is 3.81. The van der Waals surface area contributed by atoms with Gasteiger partial charge >= 0.3 is 0 Å². The normalized spacial score (nSPS) is 10.5. The van der Waals surface area contributed by atoms with Crippen molar-refractivity contribution in [2.45, 2.75) is 26.6 Å². The van der Waals surface area contributed by atoms with Crippen molar-refractivity contribution >= 4 is 5.91 Å². The molecular weight excluding hydrogens is 422 g/mol. The molecule has 0 spiro atoms. The molecule has 0 aliphatic carbocycles. The van der Waals surface area contributed by atoms with Crippen molar-refractivity contribution in [3.63, 3.8) is 0 Å². The molecule has 0 saturated carbocycles. The highest BCUT2D eigenvalue weighted by Gasteiger charge is 2.19. The number of carbonyl (C=O) groups excluding carboxylic acids is 1. The Balaban J connectivity index is 1.58. The summed E-state index contributed by atoms with van der Waals surface area (Å²) in [6.45, 7) is 3.40. The van der Waals surface area contributed by atoms with Crippen LogP contribution in [0, 0.1) is 6.92 Å². The van der Waals surface area contributed by atoms with Gasteiger partial charge in [0.25, 0.3) is 5.91 Å². The average molecular weight is 452 g/mol. The maximum Gasteiger partial charge on any atom is 0.254 e. The standard InChI is InChI=1S/C30H29NO3/c1-23-13-16-28(17-14-23)34-22-27-19-26(15-18-29(27)33-2)30(32)31(20-24-9-5-3-6-10-24)21-25-11-7-4-8-12-25/h3-19H,20-22H2,1-2H3. The molecule has 0 aliphatic heterocycles. The largest absolute Gasteiger partial charge is 0.496 e. The predicted octanol–water partition coefficient (Wildman–Crippen LogP) is 6.43. The SMILES string of the molecule is COc1ccc(C(=O)N(Cc2ccccc2)Cc2ccccc2)cc1COc1ccc(C)cc1. The van der Waals surface area contributed by atoms with E-state index in [1.54, 1.807) is 7.11 Å². The number of aryl methyl sites for hydroxylation is 1. The Morgan fingerprint density at radius 1 is 0.765 bits per heavy atom. The molecule has 0 saturated heterocycles. The molecule has 0 N–H and O–H groups in total. The third-order valence-electron chi connectivity index (χ3n) is 5.66. The molecule has 1 amide bonds. The van der Waals surface area contributed by atoms with Crippen LogP contribution in [-0.4, -0.2) is 17.9 Å². The van der Waals surface area contributed by atoms with E-state index < -0.39 is 0 Å². The van der Waals surface area contributed by atoms with Gasteiger partial charge in [-0.15, -0.1) is 0 Å². The molecule has 4 nitrogen and oxygen atoms in total. The van der Waals surface area contributed by atoms with E-state index in [-0.39, 0.29) is 5.91 Å². The summed E-state index contributed by atoms with van der Waals surface area (Å²) >= 11 is 0. The Hall–Kier alpha value is -4.05. The first-order valence-corrected chi connectivity index (χ1v) is 11.4. The predicted molar refractivity (Wildman–Crippen MR) is 135 cm³/mol. The summed E-state index contributed by atoms with van der Waals surface area (Å²) in [5.41, 5.74) is 4.78. The van der Waals surface area contributed by atoms with Gasteiger partial charge in [-0.25, -0.2) is 0 Å². The van der Waals surface area contributed by atoms with Crippen molar-refractivity contribution < 1.29 is 14.3 Å². The Bertz CT molecular complexity index is 1160. The van der Waals surface area contributed by atoms with Gasteiger partial charge in [0.15, 0.2) is 0 Å². The van der Waals surface area contributed by atoms with E-state index in [1.807, 2.05) is 115 Å². The van der Waals surface area contributed by atoms with Gasteiger partial charge in [0.1, 0.15) is 18.1 Å². The zero-order valence-corrected chi connectivity index (χ0v) is 19.6. The Morgan fingerprint density at radius 3 is 1.91 bits per heavy atom.